The number of phenolic OH excluding ortho intramolecular Hbond substituents is 1. The average molecular weight is 209 g/mol. The summed E-state index contributed by atoms with van der Waals surface area (Å²) in [4.78, 5) is 10.4. The highest BCUT2D eigenvalue weighted by molar-refractivity contribution is 6.67. The largest absolute Gasteiger partial charge is 0.508 e. The molecule has 0 aliphatic carbocycles. The molecule has 5 heteroatoms. The van der Waals surface area contributed by atoms with E-state index in [1.165, 1.54) is 24.3 Å². The third-order valence-corrected chi connectivity index (χ3v) is 1.31. The van der Waals surface area contributed by atoms with Gasteiger partial charge in [0.1, 0.15) is 5.75 Å². The fourth-order valence-corrected chi connectivity index (χ4v) is 0.718. The maximum Gasteiger partial charge on any atom is 0.252 e. The van der Waals surface area contributed by atoms with Gasteiger partial charge in [-0.15, -0.1) is 0 Å². The Labute approximate surface area is 78.8 Å². The summed E-state index contributed by atoms with van der Waals surface area (Å²) in [6, 6.07) is 5.75. The minimum atomic E-state index is -1.75. The molecule has 1 rings (SSSR count). The highest BCUT2D eigenvalue weighted by atomic mass is 35.5. The summed E-state index contributed by atoms with van der Waals surface area (Å²) in [5.74, 6) is 0.127. The van der Waals surface area contributed by atoms with Crippen LogP contribution in [0.1, 0.15) is 10.4 Å². The first-order valence-electron chi connectivity index (χ1n) is 3.22. The van der Waals surface area contributed by atoms with Crippen molar-refractivity contribution in [3.63, 3.8) is 0 Å². The number of alkyl halides is 2. The standard InChI is InChI=1S/C7H5ClO2.CH2F2/c8-7(10)5-1-3-6(9)4-2-5;2-1-3/h1-4,9H;1H2. The lowest BCUT2D eigenvalue weighted by Gasteiger charge is -1.91. The topological polar surface area (TPSA) is 37.3 Å². The molecule has 0 bridgehead atoms. The molecule has 0 aliphatic rings. The van der Waals surface area contributed by atoms with Crippen LogP contribution >= 0.6 is 11.6 Å². The Morgan fingerprint density at radius 3 is 2.00 bits per heavy atom. The number of hydrogen-bond donors (Lipinski definition) is 1. The summed E-state index contributed by atoms with van der Waals surface area (Å²) in [6.07, 6.45) is 0. The fraction of sp³-hybridized carbons (Fsp3) is 0.125. The Hall–Kier alpha value is -1.16. The molecule has 0 spiro atoms. The maximum absolute atomic E-state index is 10.4. The lowest BCUT2D eigenvalue weighted by atomic mass is 10.2. The van der Waals surface area contributed by atoms with Gasteiger partial charge >= 0.3 is 0 Å². The van der Waals surface area contributed by atoms with E-state index in [1.807, 2.05) is 0 Å². The molecule has 1 aromatic carbocycles. The zero-order valence-corrected chi connectivity index (χ0v) is 7.26. The molecule has 13 heavy (non-hydrogen) atoms. The Balaban J connectivity index is 0.000000424. The van der Waals surface area contributed by atoms with E-state index in [-0.39, 0.29) is 5.75 Å². The van der Waals surface area contributed by atoms with E-state index in [0.717, 1.165) is 0 Å². The smallest absolute Gasteiger partial charge is 0.252 e. The molecule has 0 heterocycles. The van der Waals surface area contributed by atoms with Crippen LogP contribution in [0.25, 0.3) is 0 Å². The highest BCUT2D eigenvalue weighted by Crippen LogP contribution is 2.10. The molecular formula is C8H7ClF2O2. The van der Waals surface area contributed by atoms with Crippen molar-refractivity contribution in [2.24, 2.45) is 0 Å². The van der Waals surface area contributed by atoms with Gasteiger partial charge in [-0.25, -0.2) is 8.78 Å². The summed E-state index contributed by atoms with van der Waals surface area (Å²) in [5.41, 5.74) is 0.388. The third-order valence-electron chi connectivity index (χ3n) is 1.09. The zero-order chi connectivity index (χ0) is 10.3. The van der Waals surface area contributed by atoms with Gasteiger partial charge in [0, 0.05) is 5.56 Å². The van der Waals surface area contributed by atoms with E-state index in [4.69, 9.17) is 16.7 Å². The van der Waals surface area contributed by atoms with Crippen LogP contribution in [0.2, 0.25) is 0 Å². The van der Waals surface area contributed by atoms with Crippen LogP contribution in [0.5, 0.6) is 5.75 Å². The minimum absolute atomic E-state index is 0.127. The van der Waals surface area contributed by atoms with E-state index in [1.54, 1.807) is 0 Å². The van der Waals surface area contributed by atoms with Crippen molar-refractivity contribution < 1.29 is 18.7 Å². The number of rotatable bonds is 1. The van der Waals surface area contributed by atoms with E-state index in [2.05, 4.69) is 0 Å². The fourth-order valence-electron chi connectivity index (χ4n) is 0.592. The van der Waals surface area contributed by atoms with Gasteiger partial charge in [0.2, 0.25) is 6.93 Å². The van der Waals surface area contributed by atoms with Crippen LogP contribution in [-0.2, 0) is 0 Å². The van der Waals surface area contributed by atoms with E-state index >= 15 is 0 Å². The molecule has 1 N–H and O–H groups in total. The number of benzene rings is 1. The van der Waals surface area contributed by atoms with Gasteiger partial charge in [0.15, 0.2) is 0 Å². The molecule has 2 nitrogen and oxygen atoms in total. The molecule has 0 saturated carbocycles. The van der Waals surface area contributed by atoms with Crippen LogP contribution in [0.3, 0.4) is 0 Å². The molecule has 0 radical (unpaired) electrons. The van der Waals surface area contributed by atoms with Crippen LogP contribution in [-0.4, -0.2) is 17.3 Å². The van der Waals surface area contributed by atoms with E-state index in [0.29, 0.717) is 5.56 Å². The second kappa shape index (κ2) is 6.37. The number of carbonyl (C=O) groups is 1. The van der Waals surface area contributed by atoms with Crippen molar-refractivity contribution in [2.75, 3.05) is 6.93 Å². The number of phenols is 1. The first kappa shape index (κ1) is 11.8. The van der Waals surface area contributed by atoms with Crippen LogP contribution in [0.4, 0.5) is 8.78 Å². The predicted octanol–water partition coefficient (Wildman–Crippen LogP) is 2.65. The summed E-state index contributed by atoms with van der Waals surface area (Å²) >= 11 is 5.13. The van der Waals surface area contributed by atoms with Gasteiger partial charge in [0.05, 0.1) is 0 Å². The quantitative estimate of drug-likeness (QED) is 0.721. The average Bonchev–Trinajstić information content (AvgIpc) is 2.06. The van der Waals surface area contributed by atoms with Crippen LogP contribution in [0.15, 0.2) is 24.3 Å². The molecule has 0 aliphatic heterocycles. The van der Waals surface area contributed by atoms with Gasteiger partial charge in [-0.3, -0.25) is 4.79 Å². The predicted molar refractivity (Wildman–Crippen MR) is 45.4 cm³/mol. The molecule has 0 aromatic heterocycles. The summed E-state index contributed by atoms with van der Waals surface area (Å²) in [7, 11) is 0. The summed E-state index contributed by atoms with van der Waals surface area (Å²) < 4.78 is 19.2. The summed E-state index contributed by atoms with van der Waals surface area (Å²) in [6.45, 7) is -1.75. The Kier molecular flexibility index (Phi) is 5.80. The Morgan fingerprint density at radius 1 is 1.31 bits per heavy atom. The van der Waals surface area contributed by atoms with Gasteiger partial charge in [-0.1, -0.05) is 0 Å². The molecule has 0 saturated heterocycles. The second-order valence-corrected chi connectivity index (χ2v) is 2.26. The maximum atomic E-state index is 10.4. The number of aromatic hydroxyl groups is 1. The monoisotopic (exact) mass is 208 g/mol. The first-order valence-corrected chi connectivity index (χ1v) is 3.60. The molecule has 0 unspecified atom stereocenters. The van der Waals surface area contributed by atoms with Gasteiger partial charge in [-0.2, -0.15) is 0 Å². The number of hydrogen-bond acceptors (Lipinski definition) is 2. The molecule has 72 valence electrons. The lowest BCUT2D eigenvalue weighted by Crippen LogP contribution is -1.85. The van der Waals surface area contributed by atoms with Gasteiger partial charge in [0.25, 0.3) is 5.24 Å². The Morgan fingerprint density at radius 2 is 1.69 bits per heavy atom. The van der Waals surface area contributed by atoms with Gasteiger partial charge in [-0.05, 0) is 35.9 Å². The number of carbonyl (C=O) groups excluding carboxylic acids is 1. The van der Waals surface area contributed by atoms with Crippen molar-refractivity contribution in [3.8, 4) is 5.75 Å². The van der Waals surface area contributed by atoms with Crippen molar-refractivity contribution in [1.29, 1.82) is 0 Å². The van der Waals surface area contributed by atoms with Crippen molar-refractivity contribution in [1.82, 2.24) is 0 Å². The van der Waals surface area contributed by atoms with Crippen molar-refractivity contribution >= 4 is 16.8 Å². The number of halogens is 3. The van der Waals surface area contributed by atoms with Crippen molar-refractivity contribution in [2.45, 2.75) is 0 Å². The van der Waals surface area contributed by atoms with E-state index < -0.39 is 12.2 Å². The van der Waals surface area contributed by atoms with Gasteiger partial charge < -0.3 is 5.11 Å². The van der Waals surface area contributed by atoms with E-state index in [9.17, 15) is 13.6 Å². The van der Waals surface area contributed by atoms with Crippen LogP contribution < -0.4 is 0 Å². The zero-order valence-electron chi connectivity index (χ0n) is 6.51. The molecule has 1 aromatic rings. The first-order chi connectivity index (χ1) is 6.11. The Bertz CT molecular complexity index is 261. The molecule has 0 amide bonds. The third kappa shape index (κ3) is 5.14. The molecule has 0 atom stereocenters. The minimum Gasteiger partial charge on any atom is -0.508 e. The lowest BCUT2D eigenvalue weighted by molar-refractivity contribution is 0.108. The molecular weight excluding hydrogens is 202 g/mol. The second-order valence-electron chi connectivity index (χ2n) is 1.92. The summed E-state index contributed by atoms with van der Waals surface area (Å²) in [5, 5.41) is 8.27. The van der Waals surface area contributed by atoms with Crippen LogP contribution in [0, 0.1) is 0 Å². The normalized spacial score (nSPS) is 8.54. The SMILES string of the molecule is FCF.O=C(Cl)c1ccc(O)cc1. The molecule has 0 fully saturated rings. The highest BCUT2D eigenvalue weighted by Gasteiger charge is 1.98. The van der Waals surface area contributed by atoms with Crippen molar-refractivity contribution in [3.05, 3.63) is 29.8 Å².